The van der Waals surface area contributed by atoms with Crippen LogP contribution in [0.2, 0.25) is 0 Å². The molecule has 0 spiro atoms. The van der Waals surface area contributed by atoms with Crippen molar-refractivity contribution < 1.29 is 114 Å². The summed E-state index contributed by atoms with van der Waals surface area (Å²) in [6.45, 7) is 83.7. The second-order valence-electron chi connectivity index (χ2n) is 51.5. The highest BCUT2D eigenvalue weighted by Crippen LogP contribution is 2.68. The first-order valence-electron chi connectivity index (χ1n) is 53.2. The Kier molecular flexibility index (Phi) is 45.8. The van der Waals surface area contributed by atoms with Crippen molar-refractivity contribution in [1.82, 2.24) is 0 Å². The molecule has 802 valence electrons. The van der Waals surface area contributed by atoms with Gasteiger partial charge in [-0.05, 0) is 395 Å². The third kappa shape index (κ3) is 35.8. The molecule has 4 atom stereocenters. The summed E-state index contributed by atoms with van der Waals surface area (Å²) in [5.41, 5.74) is -9.29. The number of rotatable bonds is 35. The molecule has 12 aliphatic rings. The Balaban J connectivity index is 0.000000567. The maximum atomic E-state index is 14.1. The minimum Gasteiger partial charge on any atom is -0.465 e. The van der Waals surface area contributed by atoms with Gasteiger partial charge in [0.2, 0.25) is 5.60 Å². The van der Waals surface area contributed by atoms with E-state index < -0.39 is 112 Å². The topological polar surface area (TPSA) is 316 Å². The van der Waals surface area contributed by atoms with Gasteiger partial charge in [-0.2, -0.15) is 0 Å². The van der Waals surface area contributed by atoms with Gasteiger partial charge in [-0.25, -0.2) is 14.4 Å². The summed E-state index contributed by atoms with van der Waals surface area (Å²) in [4.78, 5) is 147. The fourth-order valence-electron chi connectivity index (χ4n) is 19.7. The SMILES string of the molecule is CC.CC.CCC(C)(C)C(=O)OC(C)(C)C(=O)OC(C)(C)C(C)C.CCC(C)(C)C(=O)OC12CC3CC(C1)CC(C(=O)OC(C)(C)C)(C3)C2.CCC(C)(C)C(=O)OC12CC3CC(C1)CC(C(=O)OC(C)(C)C14CC5CC(CC(C5)C1)C4)(C3)C2.CCC(C)(C)C(=O)OCC(=O)OC(C)(C)C(C)(C)C.CCC(C)(C)OC(=O)CCCOC(=O)C(C)(C)CC.CCC(C)(C)OC(=O)COC(=O)C(C)(C)CC. The maximum Gasteiger partial charge on any atom is 0.350 e. The molecule has 24 nitrogen and oxygen atoms in total. The van der Waals surface area contributed by atoms with Gasteiger partial charge in [0.05, 0.1) is 49.9 Å². The van der Waals surface area contributed by atoms with Gasteiger partial charge >= 0.3 is 71.6 Å². The Labute approximate surface area is 837 Å². The van der Waals surface area contributed by atoms with E-state index >= 15 is 0 Å². The molecule has 4 unspecified atom stereocenters. The number of carbonyl (C=O) groups is 12. The first-order chi connectivity index (χ1) is 62.6. The maximum absolute atomic E-state index is 14.1. The van der Waals surface area contributed by atoms with Crippen LogP contribution in [-0.2, 0) is 114 Å². The standard InChI is InChI=1S/C30H46O4.C21H34O4.C16H30O4.2C15H28O4.C13H24O4.2C2H6/c1-6-26(2,3)24(31)34-30-16-22-10-23(17-30)12-28(11-22,18-30)25(32)33-27(4,5)29-13-19-7-20(14-29)9-21(8-19)15-29;1-7-19(5,6)16(22)25-21-11-14-8-15(12-21)10-20(9-14,13-21)17(23)24-18(2,3)4;1-10-14(4,5)12(17)19-16(8,9)13(18)20-15(6,7)11(2)3;1-9-14(5,6)12(17)18-10-11(16)19-15(7,8)13(2,3)4;1-7-14(3,4)13(17)18-11-9-10-12(16)19-15(5,6)8-2;1-7-12(3,4)11(15)16-9-10(14)17-13(5,6)8-2;2*1-2/h19-23H,6-18H2,1-5H3;14-15H,7-13H2,1-6H3;11H,10H2,1-9H3;9-10H2,1-8H3;7-11H2,1-6H3;7-9H2,1-6H3;2*1-2H3. The molecule has 0 heterocycles. The molecule has 0 aromatic heterocycles. The van der Waals surface area contributed by atoms with E-state index in [1.807, 2.05) is 235 Å². The summed E-state index contributed by atoms with van der Waals surface area (Å²) in [5.74, 6) is 1.24. The molecule has 24 heteroatoms. The summed E-state index contributed by atoms with van der Waals surface area (Å²) < 4.78 is 66.8. The lowest BCUT2D eigenvalue weighted by molar-refractivity contribution is -0.235. The van der Waals surface area contributed by atoms with Crippen LogP contribution in [0.5, 0.6) is 0 Å². The first kappa shape index (κ1) is 128. The van der Waals surface area contributed by atoms with Crippen molar-refractivity contribution in [1.29, 1.82) is 0 Å². The van der Waals surface area contributed by atoms with Crippen LogP contribution in [0.4, 0.5) is 0 Å². The van der Waals surface area contributed by atoms with Crippen molar-refractivity contribution in [2.45, 2.75) is 535 Å². The highest BCUT2D eigenvalue weighted by molar-refractivity contribution is 5.86. The summed E-state index contributed by atoms with van der Waals surface area (Å²) in [5, 5.41) is 0. The molecular weight excluding hydrogens is 1750 g/mol. The van der Waals surface area contributed by atoms with Crippen molar-refractivity contribution in [3.8, 4) is 0 Å². The molecular formula is C114H202O24. The van der Waals surface area contributed by atoms with Crippen LogP contribution in [0.25, 0.3) is 0 Å². The minimum absolute atomic E-state index is 0.0255. The molecule has 0 aromatic carbocycles. The Morgan fingerprint density at radius 2 is 0.601 bits per heavy atom. The Morgan fingerprint density at radius 3 is 0.913 bits per heavy atom. The number of esters is 12. The third-order valence-corrected chi connectivity index (χ3v) is 32.8. The third-order valence-electron chi connectivity index (χ3n) is 32.8. The molecule has 12 bridgehead atoms. The normalized spacial score (nSPS) is 25.2. The average Bonchev–Trinajstić information content (AvgIpc) is 0.710. The van der Waals surface area contributed by atoms with E-state index in [0.717, 1.165) is 94.8 Å². The van der Waals surface area contributed by atoms with E-state index in [4.69, 9.17) is 56.8 Å². The quantitative estimate of drug-likeness (QED) is 0.0323. The lowest BCUT2D eigenvalue weighted by Gasteiger charge is -2.63. The molecule has 12 fully saturated rings. The van der Waals surface area contributed by atoms with Gasteiger partial charge in [-0.1, -0.05) is 118 Å². The molecule has 0 amide bonds. The van der Waals surface area contributed by atoms with E-state index in [2.05, 4.69) is 13.8 Å². The molecule has 0 radical (unpaired) electrons. The molecule has 12 aliphatic carbocycles. The van der Waals surface area contributed by atoms with Crippen molar-refractivity contribution >= 4 is 71.6 Å². The lowest BCUT2D eigenvalue weighted by atomic mass is 9.45. The smallest absolute Gasteiger partial charge is 0.350 e. The van der Waals surface area contributed by atoms with Crippen LogP contribution in [0.15, 0.2) is 0 Å². The number of carbonyl (C=O) groups excluding carboxylic acids is 12. The van der Waals surface area contributed by atoms with Crippen molar-refractivity contribution in [2.24, 2.45) is 101 Å². The lowest BCUT2D eigenvalue weighted by Crippen LogP contribution is -2.62. The minimum atomic E-state index is -1.28. The molecule has 0 saturated heterocycles. The zero-order valence-electron chi connectivity index (χ0n) is 95.8. The van der Waals surface area contributed by atoms with Gasteiger partial charge in [-0.15, -0.1) is 0 Å². The largest absolute Gasteiger partial charge is 0.465 e. The van der Waals surface area contributed by atoms with Crippen molar-refractivity contribution in [3.63, 3.8) is 0 Å². The second kappa shape index (κ2) is 49.5. The number of hydrogen-bond donors (Lipinski definition) is 0. The molecule has 138 heavy (non-hydrogen) atoms. The van der Waals surface area contributed by atoms with Crippen LogP contribution in [0.1, 0.15) is 484 Å². The first-order valence-corrected chi connectivity index (χ1v) is 53.2. The number of hydrogen-bond acceptors (Lipinski definition) is 24. The number of ether oxygens (including phenoxy) is 12. The van der Waals surface area contributed by atoms with Crippen molar-refractivity contribution in [2.75, 3.05) is 19.8 Å². The Bertz CT molecular complexity index is 3940. The zero-order chi connectivity index (χ0) is 107. The molecule has 12 saturated carbocycles. The second-order valence-corrected chi connectivity index (χ2v) is 51.5. The molecule has 0 aromatic rings. The summed E-state index contributed by atoms with van der Waals surface area (Å²) >= 11 is 0. The van der Waals surface area contributed by atoms with Gasteiger partial charge < -0.3 is 56.8 Å². The molecule has 0 aliphatic heterocycles. The van der Waals surface area contributed by atoms with Gasteiger partial charge in [0, 0.05) is 30.1 Å². The fourth-order valence-corrected chi connectivity index (χ4v) is 19.7. The van der Waals surface area contributed by atoms with Gasteiger partial charge in [-0.3, -0.25) is 43.2 Å². The summed E-state index contributed by atoms with van der Waals surface area (Å²) in [6, 6.07) is 0. The Hall–Kier alpha value is -6.36. The Morgan fingerprint density at radius 1 is 0.304 bits per heavy atom. The van der Waals surface area contributed by atoms with E-state index in [-0.39, 0.29) is 96.7 Å². The highest BCUT2D eigenvalue weighted by Gasteiger charge is 2.67. The summed E-state index contributed by atoms with van der Waals surface area (Å²) in [6.07, 6.45) is 25.5. The van der Waals surface area contributed by atoms with Crippen LogP contribution in [0, 0.1) is 101 Å². The van der Waals surface area contributed by atoms with E-state index in [1.165, 1.54) is 51.4 Å². The predicted molar refractivity (Wildman–Crippen MR) is 543 cm³/mol. The van der Waals surface area contributed by atoms with E-state index in [0.29, 0.717) is 68.6 Å². The summed E-state index contributed by atoms with van der Waals surface area (Å²) in [7, 11) is 0. The van der Waals surface area contributed by atoms with Crippen LogP contribution in [0.3, 0.4) is 0 Å². The van der Waals surface area contributed by atoms with Gasteiger partial charge in [0.15, 0.2) is 13.2 Å². The van der Waals surface area contributed by atoms with Crippen LogP contribution in [-0.4, -0.2) is 142 Å². The van der Waals surface area contributed by atoms with E-state index in [9.17, 15) is 57.5 Å². The van der Waals surface area contributed by atoms with Crippen LogP contribution >= 0.6 is 0 Å². The fraction of sp³-hybridized carbons (Fsp3) is 0.895. The molecule has 0 N–H and O–H groups in total. The van der Waals surface area contributed by atoms with Gasteiger partial charge in [0.1, 0.15) is 44.8 Å². The van der Waals surface area contributed by atoms with E-state index in [1.54, 1.807) is 55.4 Å². The predicted octanol–water partition coefficient (Wildman–Crippen LogP) is 26.8. The monoisotopic (exact) mass is 1960 g/mol. The highest BCUT2D eigenvalue weighted by atomic mass is 16.6. The van der Waals surface area contributed by atoms with Crippen molar-refractivity contribution in [3.05, 3.63) is 0 Å². The average molecular weight is 1960 g/mol. The van der Waals surface area contributed by atoms with Crippen LogP contribution < -0.4 is 0 Å². The molecule has 12 rings (SSSR count). The zero-order valence-corrected chi connectivity index (χ0v) is 95.8. The van der Waals surface area contributed by atoms with Gasteiger partial charge in [0.25, 0.3) is 0 Å².